The number of carbonyl (C=O) groups is 2. The van der Waals surface area contributed by atoms with Gasteiger partial charge in [-0.15, -0.1) is 0 Å². The van der Waals surface area contributed by atoms with E-state index in [1.165, 1.54) is 12.1 Å². The molecular weight excluding hydrogens is 401 g/mol. The monoisotopic (exact) mass is 424 g/mol. The predicted octanol–water partition coefficient (Wildman–Crippen LogP) is 3.86. The van der Waals surface area contributed by atoms with Crippen molar-refractivity contribution in [3.05, 3.63) is 29.5 Å². The number of halogens is 3. The number of amides is 2. The molecule has 1 aromatic heterocycles. The van der Waals surface area contributed by atoms with Gasteiger partial charge in [-0.25, -0.2) is 0 Å². The Morgan fingerprint density at radius 2 is 2.03 bits per heavy atom. The van der Waals surface area contributed by atoms with Crippen LogP contribution in [-0.4, -0.2) is 36.7 Å². The average Bonchev–Trinajstić information content (AvgIpc) is 3.39. The summed E-state index contributed by atoms with van der Waals surface area (Å²) in [6.45, 7) is 3.40. The molecule has 2 heterocycles. The number of hydrogen-bond acceptors (Lipinski definition) is 4. The fourth-order valence-corrected chi connectivity index (χ4v) is 3.84. The van der Waals surface area contributed by atoms with Crippen LogP contribution in [0.25, 0.3) is 11.0 Å². The fourth-order valence-electron chi connectivity index (χ4n) is 3.84. The number of nitrogens with one attached hydrogen (secondary N) is 2. The van der Waals surface area contributed by atoms with Crippen LogP contribution in [0, 0.1) is 12.3 Å². The molecule has 1 saturated carbocycles. The van der Waals surface area contributed by atoms with Crippen molar-refractivity contribution in [3.8, 4) is 5.75 Å². The van der Waals surface area contributed by atoms with Gasteiger partial charge in [0.25, 0.3) is 5.91 Å². The number of benzene rings is 1. The van der Waals surface area contributed by atoms with Crippen LogP contribution >= 0.6 is 0 Å². The number of rotatable bonds is 5. The Balaban J connectivity index is 1.58. The molecule has 1 aliphatic carbocycles. The van der Waals surface area contributed by atoms with E-state index in [-0.39, 0.29) is 30.1 Å². The van der Waals surface area contributed by atoms with Crippen molar-refractivity contribution in [1.29, 1.82) is 0 Å². The molecule has 2 N–H and O–H groups in total. The van der Waals surface area contributed by atoms with Crippen LogP contribution in [0.1, 0.15) is 48.7 Å². The minimum atomic E-state index is -4.30. The van der Waals surface area contributed by atoms with E-state index < -0.39 is 29.6 Å². The van der Waals surface area contributed by atoms with Gasteiger partial charge < -0.3 is 19.8 Å². The molecule has 1 aromatic carbocycles. The van der Waals surface area contributed by atoms with Crippen molar-refractivity contribution in [2.24, 2.45) is 5.41 Å². The molecule has 1 atom stereocenters. The Labute approximate surface area is 171 Å². The van der Waals surface area contributed by atoms with Gasteiger partial charge in [0.2, 0.25) is 5.91 Å². The van der Waals surface area contributed by atoms with Crippen molar-refractivity contribution in [2.45, 2.75) is 51.2 Å². The lowest BCUT2D eigenvalue weighted by atomic mass is 9.91. The number of ether oxygens (including phenoxy) is 1. The molecular formula is C21H23F3N2O4. The fraction of sp³-hybridized carbons (Fsp3) is 0.524. The van der Waals surface area contributed by atoms with Gasteiger partial charge in [-0.3, -0.25) is 9.59 Å². The van der Waals surface area contributed by atoms with Crippen LogP contribution in [0.4, 0.5) is 13.2 Å². The van der Waals surface area contributed by atoms with Crippen LogP contribution in [-0.2, 0) is 4.79 Å². The summed E-state index contributed by atoms with van der Waals surface area (Å²) in [6, 6.07) is 4.60. The predicted molar refractivity (Wildman–Crippen MR) is 102 cm³/mol. The standard InChI is InChI=1S/C21H23F3N2O4/c1-12-16(17(27)26-19(2)6-3-9-25-18(19)28)14-10-13(4-5-15(14)30-12)29-11-20(7-8-20)21(22,23)24/h4-5,10H,3,6-9,11H2,1-2H3,(H,25,28)(H,26,27). The topological polar surface area (TPSA) is 80.6 Å². The maximum absolute atomic E-state index is 13.1. The number of furan rings is 1. The summed E-state index contributed by atoms with van der Waals surface area (Å²) in [4.78, 5) is 25.2. The van der Waals surface area contributed by atoms with Gasteiger partial charge in [-0.2, -0.15) is 13.2 Å². The first-order chi connectivity index (χ1) is 14.0. The second-order valence-corrected chi connectivity index (χ2v) is 8.40. The molecule has 30 heavy (non-hydrogen) atoms. The third-order valence-electron chi connectivity index (χ3n) is 6.06. The second kappa shape index (κ2) is 6.92. The first-order valence-corrected chi connectivity index (χ1v) is 9.88. The van der Waals surface area contributed by atoms with E-state index in [2.05, 4.69) is 10.6 Å². The smallest absolute Gasteiger partial charge is 0.397 e. The van der Waals surface area contributed by atoms with E-state index >= 15 is 0 Å². The largest absolute Gasteiger partial charge is 0.493 e. The van der Waals surface area contributed by atoms with Crippen molar-refractivity contribution in [3.63, 3.8) is 0 Å². The molecule has 4 rings (SSSR count). The maximum Gasteiger partial charge on any atom is 0.397 e. The first kappa shape index (κ1) is 20.6. The molecule has 2 amide bonds. The van der Waals surface area contributed by atoms with Gasteiger partial charge in [0, 0.05) is 11.9 Å². The van der Waals surface area contributed by atoms with E-state index in [0.29, 0.717) is 29.7 Å². The normalized spacial score (nSPS) is 23.2. The van der Waals surface area contributed by atoms with Crippen molar-refractivity contribution >= 4 is 22.8 Å². The van der Waals surface area contributed by atoms with Gasteiger partial charge in [-0.05, 0) is 57.7 Å². The molecule has 2 fully saturated rings. The van der Waals surface area contributed by atoms with Gasteiger partial charge in [0.1, 0.15) is 34.7 Å². The van der Waals surface area contributed by atoms with Gasteiger partial charge >= 0.3 is 6.18 Å². The molecule has 162 valence electrons. The zero-order valence-corrected chi connectivity index (χ0v) is 16.7. The zero-order valence-electron chi connectivity index (χ0n) is 16.7. The van der Waals surface area contributed by atoms with E-state index in [4.69, 9.17) is 9.15 Å². The highest BCUT2D eigenvalue weighted by molar-refractivity contribution is 6.09. The van der Waals surface area contributed by atoms with Crippen molar-refractivity contribution in [1.82, 2.24) is 10.6 Å². The lowest BCUT2D eigenvalue weighted by Crippen LogP contribution is -2.59. The minimum Gasteiger partial charge on any atom is -0.493 e. The average molecular weight is 424 g/mol. The van der Waals surface area contributed by atoms with E-state index in [1.807, 2.05) is 0 Å². The van der Waals surface area contributed by atoms with Gasteiger partial charge in [0.05, 0.1) is 5.56 Å². The highest BCUT2D eigenvalue weighted by Crippen LogP contribution is 2.57. The van der Waals surface area contributed by atoms with E-state index in [9.17, 15) is 22.8 Å². The summed E-state index contributed by atoms with van der Waals surface area (Å²) in [5.74, 6) is -0.140. The summed E-state index contributed by atoms with van der Waals surface area (Å²) in [7, 11) is 0. The molecule has 6 nitrogen and oxygen atoms in total. The van der Waals surface area contributed by atoms with Crippen molar-refractivity contribution < 1.29 is 31.9 Å². The Bertz CT molecular complexity index is 1010. The van der Waals surface area contributed by atoms with Crippen LogP contribution < -0.4 is 15.4 Å². The number of alkyl halides is 3. The molecule has 1 saturated heterocycles. The molecule has 1 unspecified atom stereocenters. The zero-order chi connectivity index (χ0) is 21.7. The molecule has 9 heteroatoms. The van der Waals surface area contributed by atoms with Gasteiger partial charge in [-0.1, -0.05) is 0 Å². The molecule has 2 aromatic rings. The Morgan fingerprint density at radius 3 is 2.67 bits per heavy atom. The summed E-state index contributed by atoms with van der Waals surface area (Å²) < 4.78 is 50.5. The molecule has 0 radical (unpaired) electrons. The third kappa shape index (κ3) is 3.50. The summed E-state index contributed by atoms with van der Waals surface area (Å²) in [5, 5.41) is 5.96. The van der Waals surface area contributed by atoms with Gasteiger partial charge in [0.15, 0.2) is 0 Å². The Morgan fingerprint density at radius 1 is 1.30 bits per heavy atom. The van der Waals surface area contributed by atoms with E-state index in [1.54, 1.807) is 19.9 Å². The molecule has 0 bridgehead atoms. The number of carbonyl (C=O) groups excluding carboxylic acids is 2. The molecule has 0 spiro atoms. The molecule has 1 aliphatic heterocycles. The highest BCUT2D eigenvalue weighted by atomic mass is 19.4. The van der Waals surface area contributed by atoms with Crippen molar-refractivity contribution in [2.75, 3.05) is 13.2 Å². The van der Waals surface area contributed by atoms with Crippen LogP contribution in [0.15, 0.2) is 22.6 Å². The Kier molecular flexibility index (Phi) is 4.74. The number of fused-ring (bicyclic) bond motifs is 1. The van der Waals surface area contributed by atoms with Crippen LogP contribution in [0.3, 0.4) is 0 Å². The highest BCUT2D eigenvalue weighted by Gasteiger charge is 2.63. The quantitative estimate of drug-likeness (QED) is 0.764. The lowest BCUT2D eigenvalue weighted by Gasteiger charge is -2.33. The summed E-state index contributed by atoms with van der Waals surface area (Å²) >= 11 is 0. The summed E-state index contributed by atoms with van der Waals surface area (Å²) in [5.41, 5.74) is -2.16. The number of hydrogen-bond donors (Lipinski definition) is 2. The maximum atomic E-state index is 13.1. The third-order valence-corrected chi connectivity index (χ3v) is 6.06. The minimum absolute atomic E-state index is 0.0534. The first-order valence-electron chi connectivity index (χ1n) is 9.88. The molecule has 2 aliphatic rings. The number of piperidine rings is 1. The SMILES string of the molecule is Cc1oc2ccc(OCC3(C(F)(F)F)CC3)cc2c1C(=O)NC1(C)CCCNC1=O. The second-order valence-electron chi connectivity index (χ2n) is 8.40. The Hall–Kier alpha value is -2.71. The van der Waals surface area contributed by atoms with E-state index in [0.717, 1.165) is 6.42 Å². The summed E-state index contributed by atoms with van der Waals surface area (Å²) in [6.07, 6.45) is -2.94. The van der Waals surface area contributed by atoms with Crippen LogP contribution in [0.5, 0.6) is 5.75 Å². The number of aryl methyl sites for hydroxylation is 1. The lowest BCUT2D eigenvalue weighted by molar-refractivity contribution is -0.194. The van der Waals surface area contributed by atoms with Crippen LogP contribution in [0.2, 0.25) is 0 Å².